The van der Waals surface area contributed by atoms with Crippen LogP contribution in [-0.4, -0.2) is 20.1 Å². The summed E-state index contributed by atoms with van der Waals surface area (Å²) in [4.78, 5) is -0.782. The summed E-state index contributed by atoms with van der Waals surface area (Å²) in [6, 6.07) is 1.67. The molecule has 96 valence electrons. The molecule has 0 spiro atoms. The maximum Gasteiger partial charge on any atom is 0.243 e. The molecular weight excluding hydrogens is 252 g/mol. The van der Waals surface area contributed by atoms with Crippen LogP contribution in [0.3, 0.4) is 0 Å². The fraction of sp³-hybridized carbons (Fsp3) is 0.400. The van der Waals surface area contributed by atoms with Gasteiger partial charge in [0.2, 0.25) is 10.0 Å². The average molecular weight is 265 g/mol. The first-order chi connectivity index (χ1) is 7.92. The third-order valence-electron chi connectivity index (χ3n) is 2.07. The van der Waals surface area contributed by atoms with Gasteiger partial charge in [-0.1, -0.05) is 6.92 Å². The van der Waals surface area contributed by atoms with Gasteiger partial charge in [-0.15, -0.1) is 0 Å². The molecule has 7 heteroatoms. The number of sulfonamides is 1. The molecule has 4 nitrogen and oxygen atoms in total. The van der Waals surface area contributed by atoms with Gasteiger partial charge in [0.25, 0.3) is 0 Å². The molecule has 2 N–H and O–H groups in total. The highest BCUT2D eigenvalue weighted by Crippen LogP contribution is 2.19. The van der Waals surface area contributed by atoms with Crippen LogP contribution in [0.4, 0.5) is 8.78 Å². The fourth-order valence-electron chi connectivity index (χ4n) is 1.22. The lowest BCUT2D eigenvalue weighted by molar-refractivity contribution is 0.280. The summed E-state index contributed by atoms with van der Waals surface area (Å²) in [5, 5.41) is 8.81. The molecule has 0 aliphatic rings. The van der Waals surface area contributed by atoms with Crippen molar-refractivity contribution in [3.05, 3.63) is 29.3 Å². The van der Waals surface area contributed by atoms with E-state index in [-0.39, 0.29) is 12.1 Å². The molecule has 0 saturated carbocycles. The minimum atomic E-state index is -4.08. The van der Waals surface area contributed by atoms with E-state index in [4.69, 9.17) is 5.11 Å². The number of hydrogen-bond donors (Lipinski definition) is 2. The quantitative estimate of drug-likeness (QED) is 0.839. The van der Waals surface area contributed by atoms with E-state index in [1.54, 1.807) is 6.92 Å². The van der Waals surface area contributed by atoms with E-state index in [1.165, 1.54) is 0 Å². The summed E-state index contributed by atoms with van der Waals surface area (Å²) in [7, 11) is -4.08. The first kappa shape index (κ1) is 14.0. The number of benzene rings is 1. The van der Waals surface area contributed by atoms with E-state index in [0.29, 0.717) is 6.42 Å². The highest BCUT2D eigenvalue weighted by Gasteiger charge is 2.22. The zero-order chi connectivity index (χ0) is 13.1. The van der Waals surface area contributed by atoms with Crippen molar-refractivity contribution in [3.8, 4) is 0 Å². The normalized spacial score (nSPS) is 11.8. The summed E-state index contributed by atoms with van der Waals surface area (Å²) in [5.41, 5.74) is 0.000716. The Labute approximate surface area is 98.3 Å². The molecule has 1 rings (SSSR count). The highest BCUT2D eigenvalue weighted by atomic mass is 32.2. The molecule has 0 heterocycles. The van der Waals surface area contributed by atoms with Crippen LogP contribution in [0, 0.1) is 11.6 Å². The first-order valence-electron chi connectivity index (χ1n) is 5.00. The highest BCUT2D eigenvalue weighted by molar-refractivity contribution is 7.89. The Kier molecular flexibility index (Phi) is 4.55. The maximum absolute atomic E-state index is 13.4. The Bertz CT molecular complexity index is 503. The molecule has 0 aromatic heterocycles. The van der Waals surface area contributed by atoms with Gasteiger partial charge < -0.3 is 5.11 Å². The van der Waals surface area contributed by atoms with Crippen molar-refractivity contribution in [2.45, 2.75) is 24.8 Å². The van der Waals surface area contributed by atoms with Crippen LogP contribution in [0.15, 0.2) is 17.0 Å². The third kappa shape index (κ3) is 3.21. The Hall–Kier alpha value is -1.05. The van der Waals surface area contributed by atoms with Crippen molar-refractivity contribution < 1.29 is 22.3 Å². The predicted octanol–water partition coefficient (Wildman–Crippen LogP) is 1.15. The zero-order valence-corrected chi connectivity index (χ0v) is 10.0. The second-order valence-electron chi connectivity index (χ2n) is 3.45. The van der Waals surface area contributed by atoms with Crippen LogP contribution in [0.1, 0.15) is 18.9 Å². The number of aliphatic hydroxyl groups excluding tert-OH is 1. The van der Waals surface area contributed by atoms with Crippen LogP contribution < -0.4 is 4.72 Å². The molecule has 0 radical (unpaired) electrons. The summed E-state index contributed by atoms with van der Waals surface area (Å²) in [6.07, 6.45) is 0.531. The molecule has 0 bridgehead atoms. The van der Waals surface area contributed by atoms with E-state index in [9.17, 15) is 17.2 Å². The van der Waals surface area contributed by atoms with Gasteiger partial charge in [-0.3, -0.25) is 0 Å². The van der Waals surface area contributed by atoms with Crippen LogP contribution in [0.2, 0.25) is 0 Å². The summed E-state index contributed by atoms with van der Waals surface area (Å²) in [6.45, 7) is 1.31. The van der Waals surface area contributed by atoms with Crippen molar-refractivity contribution in [2.24, 2.45) is 0 Å². The van der Waals surface area contributed by atoms with E-state index < -0.39 is 33.2 Å². The molecule has 0 saturated heterocycles. The van der Waals surface area contributed by atoms with Gasteiger partial charge in [0, 0.05) is 6.54 Å². The fourth-order valence-corrected chi connectivity index (χ4v) is 2.49. The molecule has 1 aromatic rings. The predicted molar refractivity (Wildman–Crippen MR) is 57.8 cm³/mol. The van der Waals surface area contributed by atoms with Crippen molar-refractivity contribution in [2.75, 3.05) is 6.54 Å². The van der Waals surface area contributed by atoms with E-state index in [0.717, 1.165) is 12.1 Å². The van der Waals surface area contributed by atoms with Gasteiger partial charge in [-0.05, 0) is 24.1 Å². The maximum atomic E-state index is 13.4. The Balaban J connectivity index is 3.25. The smallest absolute Gasteiger partial charge is 0.243 e. The summed E-state index contributed by atoms with van der Waals surface area (Å²) < 4.78 is 51.9. The van der Waals surface area contributed by atoms with Gasteiger partial charge in [0.15, 0.2) is 11.6 Å². The largest absolute Gasteiger partial charge is 0.392 e. The van der Waals surface area contributed by atoms with Gasteiger partial charge >= 0.3 is 0 Å². The van der Waals surface area contributed by atoms with Crippen LogP contribution in [0.5, 0.6) is 0 Å². The monoisotopic (exact) mass is 265 g/mol. The van der Waals surface area contributed by atoms with Gasteiger partial charge in [-0.2, -0.15) is 0 Å². The molecule has 0 aliphatic heterocycles. The summed E-state index contributed by atoms with van der Waals surface area (Å²) in [5.74, 6) is -2.74. The number of nitrogens with one attached hydrogen (secondary N) is 1. The van der Waals surface area contributed by atoms with Crippen molar-refractivity contribution in [3.63, 3.8) is 0 Å². The van der Waals surface area contributed by atoms with E-state index in [1.807, 2.05) is 0 Å². The number of hydrogen-bond acceptors (Lipinski definition) is 3. The van der Waals surface area contributed by atoms with Crippen molar-refractivity contribution >= 4 is 10.0 Å². The van der Waals surface area contributed by atoms with Gasteiger partial charge in [-0.25, -0.2) is 21.9 Å². The lowest BCUT2D eigenvalue weighted by atomic mass is 10.2. The standard InChI is InChI=1S/C10H13F2NO3S/c1-2-3-13-17(15,16)9-5-7(6-14)4-8(11)10(9)12/h4-5,13-14H,2-3,6H2,1H3. The topological polar surface area (TPSA) is 66.4 Å². The van der Waals surface area contributed by atoms with Crippen LogP contribution in [-0.2, 0) is 16.6 Å². The van der Waals surface area contributed by atoms with Gasteiger partial charge in [0.1, 0.15) is 4.90 Å². The number of halogens is 2. The third-order valence-corrected chi connectivity index (χ3v) is 3.53. The second-order valence-corrected chi connectivity index (χ2v) is 5.18. The molecule has 0 aliphatic carbocycles. The average Bonchev–Trinajstić information content (AvgIpc) is 2.29. The van der Waals surface area contributed by atoms with Crippen LogP contribution >= 0.6 is 0 Å². The Morgan fingerprint density at radius 3 is 2.53 bits per heavy atom. The van der Waals surface area contributed by atoms with E-state index in [2.05, 4.69) is 4.72 Å². The lowest BCUT2D eigenvalue weighted by Gasteiger charge is -2.08. The van der Waals surface area contributed by atoms with Crippen molar-refractivity contribution in [1.82, 2.24) is 4.72 Å². The lowest BCUT2D eigenvalue weighted by Crippen LogP contribution is -2.25. The van der Waals surface area contributed by atoms with E-state index >= 15 is 0 Å². The molecule has 1 aromatic carbocycles. The Morgan fingerprint density at radius 2 is 2.00 bits per heavy atom. The second kappa shape index (κ2) is 5.52. The minimum absolute atomic E-state index is 0.000716. The Morgan fingerprint density at radius 1 is 1.35 bits per heavy atom. The molecular formula is C10H13F2NO3S. The van der Waals surface area contributed by atoms with Crippen molar-refractivity contribution in [1.29, 1.82) is 0 Å². The zero-order valence-electron chi connectivity index (χ0n) is 9.20. The minimum Gasteiger partial charge on any atom is -0.392 e. The molecule has 0 fully saturated rings. The number of rotatable bonds is 5. The SMILES string of the molecule is CCCNS(=O)(=O)c1cc(CO)cc(F)c1F. The first-order valence-corrected chi connectivity index (χ1v) is 6.49. The van der Waals surface area contributed by atoms with Crippen LogP contribution in [0.25, 0.3) is 0 Å². The molecule has 0 unspecified atom stereocenters. The number of aliphatic hydroxyl groups is 1. The summed E-state index contributed by atoms with van der Waals surface area (Å²) >= 11 is 0. The molecule has 0 atom stereocenters. The molecule has 17 heavy (non-hydrogen) atoms. The van der Waals surface area contributed by atoms with Gasteiger partial charge in [0.05, 0.1) is 6.61 Å². The molecule has 0 amide bonds.